The summed E-state index contributed by atoms with van der Waals surface area (Å²) in [5.41, 5.74) is 0. The van der Waals surface area contributed by atoms with Crippen LogP contribution in [0.4, 0.5) is 0 Å². The predicted octanol–water partition coefficient (Wildman–Crippen LogP) is 12.4. The zero-order valence-electron chi connectivity index (χ0n) is 35.1. The van der Waals surface area contributed by atoms with Gasteiger partial charge in [0.05, 0.1) is 18.8 Å². The van der Waals surface area contributed by atoms with Crippen LogP contribution in [0.3, 0.4) is 0 Å². The van der Waals surface area contributed by atoms with Gasteiger partial charge in [-0.3, -0.25) is 4.79 Å². The number of hydrogen-bond donors (Lipinski definition) is 5. The maximum absolute atomic E-state index is 12.5. The first-order valence-corrected chi connectivity index (χ1v) is 23.4. The van der Waals surface area contributed by atoms with Crippen molar-refractivity contribution in [1.82, 2.24) is 5.32 Å². The third kappa shape index (κ3) is 35.0. The molecule has 1 amide bonds. The van der Waals surface area contributed by atoms with Gasteiger partial charge in [-0.25, -0.2) is 0 Å². The highest BCUT2D eigenvalue weighted by molar-refractivity contribution is 5.80. The molecule has 0 aromatic rings. The molecule has 0 aromatic heterocycles. The van der Waals surface area contributed by atoms with Crippen molar-refractivity contribution in [3.05, 3.63) is 0 Å². The van der Waals surface area contributed by atoms with Crippen molar-refractivity contribution in [3.63, 3.8) is 0 Å². The van der Waals surface area contributed by atoms with Crippen molar-refractivity contribution in [2.45, 2.75) is 282 Å². The van der Waals surface area contributed by atoms with Crippen LogP contribution in [-0.4, -0.2) is 57.3 Å². The zero-order chi connectivity index (χ0) is 38.2. The van der Waals surface area contributed by atoms with Crippen LogP contribution >= 0.6 is 0 Å². The molecule has 0 bridgehead atoms. The molecule has 0 heterocycles. The second-order valence-corrected chi connectivity index (χ2v) is 16.5. The van der Waals surface area contributed by atoms with E-state index in [1.165, 1.54) is 193 Å². The fraction of sp³-hybridized carbons (Fsp3) is 0.978. The Kier molecular flexibility index (Phi) is 40.9. The molecule has 0 fully saturated rings. The van der Waals surface area contributed by atoms with Crippen LogP contribution in [0, 0.1) is 0 Å². The van der Waals surface area contributed by atoms with E-state index in [1.807, 2.05) is 0 Å². The van der Waals surface area contributed by atoms with Crippen LogP contribution in [0.2, 0.25) is 0 Å². The summed E-state index contributed by atoms with van der Waals surface area (Å²) in [7, 11) is 0. The average Bonchev–Trinajstić information content (AvgIpc) is 3.15. The second-order valence-electron chi connectivity index (χ2n) is 16.5. The molecule has 5 N–H and O–H groups in total. The minimum atomic E-state index is -1.25. The average molecular weight is 740 g/mol. The molecule has 4 atom stereocenters. The van der Waals surface area contributed by atoms with Crippen molar-refractivity contribution < 1.29 is 25.2 Å². The Bertz CT molecular complexity index is 706. The van der Waals surface area contributed by atoms with E-state index >= 15 is 0 Å². The summed E-state index contributed by atoms with van der Waals surface area (Å²) in [4.78, 5) is 12.5. The highest BCUT2D eigenvalue weighted by Gasteiger charge is 2.28. The molecule has 0 aliphatic heterocycles. The van der Waals surface area contributed by atoms with Crippen LogP contribution in [0.5, 0.6) is 0 Å². The number of carbonyl (C=O) groups is 1. The van der Waals surface area contributed by atoms with Crippen LogP contribution in [0.1, 0.15) is 258 Å². The third-order valence-corrected chi connectivity index (χ3v) is 11.3. The van der Waals surface area contributed by atoms with Gasteiger partial charge in [0.2, 0.25) is 5.91 Å². The molecule has 0 radical (unpaired) electrons. The number of rotatable bonds is 43. The number of nitrogens with one attached hydrogen (secondary N) is 1. The summed E-state index contributed by atoms with van der Waals surface area (Å²) in [6, 6.07) is -0.977. The van der Waals surface area contributed by atoms with Crippen molar-refractivity contribution in [1.29, 1.82) is 0 Å². The lowest BCUT2D eigenvalue weighted by Gasteiger charge is -2.27. The van der Waals surface area contributed by atoms with E-state index in [1.54, 1.807) is 0 Å². The summed E-state index contributed by atoms with van der Waals surface area (Å²) in [5.74, 6) is -0.581. The Morgan fingerprint density at radius 2 is 0.654 bits per heavy atom. The van der Waals surface area contributed by atoms with Crippen LogP contribution in [0.15, 0.2) is 0 Å². The maximum Gasteiger partial charge on any atom is 0.249 e. The van der Waals surface area contributed by atoms with Crippen molar-refractivity contribution in [3.8, 4) is 0 Å². The van der Waals surface area contributed by atoms with Gasteiger partial charge in [0.25, 0.3) is 0 Å². The van der Waals surface area contributed by atoms with Gasteiger partial charge in [0.1, 0.15) is 12.2 Å². The van der Waals surface area contributed by atoms with Gasteiger partial charge in [-0.2, -0.15) is 0 Å². The first-order valence-electron chi connectivity index (χ1n) is 23.4. The van der Waals surface area contributed by atoms with E-state index in [-0.39, 0.29) is 0 Å². The van der Waals surface area contributed by atoms with Crippen LogP contribution in [0.25, 0.3) is 0 Å². The lowest BCUT2D eigenvalue weighted by atomic mass is 9.99. The summed E-state index contributed by atoms with van der Waals surface area (Å²) >= 11 is 0. The lowest BCUT2D eigenvalue weighted by molar-refractivity contribution is -0.132. The molecular weight excluding hydrogens is 647 g/mol. The zero-order valence-corrected chi connectivity index (χ0v) is 35.1. The SMILES string of the molecule is CCCCCCCCCCCCCCCCCCCCCCCCCCCCCCC(O)C(=O)NC(CO)C(O)C(O)CCCCCCCCCC. The molecule has 0 saturated carbocycles. The number of aliphatic hydroxyl groups excluding tert-OH is 4. The number of amides is 1. The monoisotopic (exact) mass is 740 g/mol. The van der Waals surface area contributed by atoms with Crippen molar-refractivity contribution >= 4 is 5.91 Å². The minimum Gasteiger partial charge on any atom is -0.394 e. The number of unbranched alkanes of at least 4 members (excludes halogenated alkanes) is 34. The van der Waals surface area contributed by atoms with E-state index in [0.717, 1.165) is 38.5 Å². The third-order valence-electron chi connectivity index (χ3n) is 11.3. The summed E-state index contributed by atoms with van der Waals surface area (Å²) < 4.78 is 0. The fourth-order valence-corrected chi connectivity index (χ4v) is 7.58. The van der Waals surface area contributed by atoms with E-state index in [0.29, 0.717) is 12.8 Å². The number of hydrogen-bond acceptors (Lipinski definition) is 5. The van der Waals surface area contributed by atoms with Crippen LogP contribution < -0.4 is 5.32 Å². The molecule has 0 spiro atoms. The summed E-state index contributed by atoms with van der Waals surface area (Å²) in [5, 5.41) is 43.4. The Hall–Kier alpha value is -0.690. The quantitative estimate of drug-likeness (QED) is 0.0400. The number of carbonyl (C=O) groups excluding carboxylic acids is 1. The minimum absolute atomic E-state index is 0.375. The van der Waals surface area contributed by atoms with Gasteiger partial charge in [0.15, 0.2) is 0 Å². The van der Waals surface area contributed by atoms with Gasteiger partial charge >= 0.3 is 0 Å². The fourth-order valence-electron chi connectivity index (χ4n) is 7.58. The Morgan fingerprint density at radius 3 is 0.923 bits per heavy atom. The van der Waals surface area contributed by atoms with Gasteiger partial charge < -0.3 is 25.7 Å². The summed E-state index contributed by atoms with van der Waals surface area (Å²) in [6.45, 7) is 4.03. The maximum atomic E-state index is 12.5. The van der Waals surface area contributed by atoms with E-state index < -0.39 is 36.9 Å². The molecule has 0 aliphatic rings. The van der Waals surface area contributed by atoms with Gasteiger partial charge in [-0.1, -0.05) is 245 Å². The lowest BCUT2D eigenvalue weighted by Crippen LogP contribution is -2.53. The normalized spacial score (nSPS) is 14.0. The first kappa shape index (κ1) is 51.3. The molecule has 0 rings (SSSR count). The van der Waals surface area contributed by atoms with Crippen molar-refractivity contribution in [2.24, 2.45) is 0 Å². The Balaban J connectivity index is 3.52. The van der Waals surface area contributed by atoms with Gasteiger partial charge in [-0.05, 0) is 12.8 Å². The highest BCUT2D eigenvalue weighted by atomic mass is 16.3. The molecule has 0 aromatic carbocycles. The van der Waals surface area contributed by atoms with Crippen molar-refractivity contribution in [2.75, 3.05) is 6.61 Å². The molecule has 6 heteroatoms. The van der Waals surface area contributed by atoms with E-state index in [4.69, 9.17) is 0 Å². The van der Waals surface area contributed by atoms with E-state index in [9.17, 15) is 25.2 Å². The largest absolute Gasteiger partial charge is 0.394 e. The predicted molar refractivity (Wildman–Crippen MR) is 224 cm³/mol. The first-order chi connectivity index (χ1) is 25.5. The molecule has 312 valence electrons. The smallest absolute Gasteiger partial charge is 0.249 e. The molecule has 0 aliphatic carbocycles. The molecular formula is C46H93NO5. The molecule has 6 nitrogen and oxygen atoms in total. The topological polar surface area (TPSA) is 110 Å². The summed E-state index contributed by atoms with van der Waals surface area (Å²) in [6.07, 6.45) is 44.6. The van der Waals surface area contributed by atoms with E-state index in [2.05, 4.69) is 19.2 Å². The van der Waals surface area contributed by atoms with Gasteiger partial charge in [-0.15, -0.1) is 0 Å². The van der Waals surface area contributed by atoms with Gasteiger partial charge in [0, 0.05) is 0 Å². The second kappa shape index (κ2) is 41.5. The Labute approximate surface area is 324 Å². The Morgan fingerprint density at radius 1 is 0.404 bits per heavy atom. The molecule has 52 heavy (non-hydrogen) atoms. The van der Waals surface area contributed by atoms with Crippen LogP contribution in [-0.2, 0) is 4.79 Å². The molecule has 0 saturated heterocycles. The highest BCUT2D eigenvalue weighted by Crippen LogP contribution is 2.17. The number of aliphatic hydroxyl groups is 4. The standard InChI is InChI=1S/C46H93NO5/c1-3-5-7-9-11-13-14-15-16-17-18-19-20-21-22-23-24-25-26-27-28-29-30-31-32-34-36-38-40-44(50)46(52)47-42(41-48)45(51)43(49)39-37-35-33-12-10-8-6-4-2/h42-45,48-51H,3-41H2,1-2H3,(H,47,52). The molecule has 4 unspecified atom stereocenters.